The van der Waals surface area contributed by atoms with Gasteiger partial charge in [0, 0.05) is 0 Å². The molecule has 1 aliphatic rings. The second kappa shape index (κ2) is 9.15. The van der Waals surface area contributed by atoms with Gasteiger partial charge in [-0.1, -0.05) is 36.1 Å². The largest absolute Gasteiger partial charge is 0.495 e. The first-order valence-corrected chi connectivity index (χ1v) is 10.7. The average molecular weight is 527 g/mol. The number of thioether (sulfide) groups is 1. The summed E-state index contributed by atoms with van der Waals surface area (Å²) >= 11 is 8.92. The number of methoxy groups -OCH3 is 2. The molecule has 5 nitrogen and oxygen atoms in total. The highest BCUT2D eigenvalue weighted by molar-refractivity contribution is 14.1. The van der Waals surface area contributed by atoms with Crippen molar-refractivity contribution in [1.82, 2.24) is 0 Å². The van der Waals surface area contributed by atoms with E-state index in [0.717, 1.165) is 9.13 Å². The highest BCUT2D eigenvalue weighted by Gasteiger charge is 2.34. The molecule has 2 aromatic rings. The Morgan fingerprint density at radius 2 is 1.89 bits per heavy atom. The van der Waals surface area contributed by atoms with Crippen molar-refractivity contribution in [3.63, 3.8) is 0 Å². The monoisotopic (exact) mass is 527 g/mol. The van der Waals surface area contributed by atoms with Crippen molar-refractivity contribution in [2.24, 2.45) is 0 Å². The SMILES string of the molecule is CCOc1c(I)cc(/C=C2/SC(=S)N(c3ccccc3OC)C2=O)cc1OC. The summed E-state index contributed by atoms with van der Waals surface area (Å²) in [7, 11) is 3.17. The predicted octanol–water partition coefficient (Wildman–Crippen LogP) is 5.11. The van der Waals surface area contributed by atoms with Crippen molar-refractivity contribution in [3.8, 4) is 17.2 Å². The molecule has 0 aliphatic carbocycles. The second-order valence-corrected chi connectivity index (χ2v) is 8.49. The molecule has 3 rings (SSSR count). The molecule has 0 unspecified atom stereocenters. The van der Waals surface area contributed by atoms with Crippen LogP contribution in [-0.2, 0) is 4.79 Å². The third kappa shape index (κ3) is 4.13. The average Bonchev–Trinajstić information content (AvgIpc) is 2.96. The third-order valence-electron chi connectivity index (χ3n) is 3.96. The van der Waals surface area contributed by atoms with E-state index in [1.165, 1.54) is 16.7 Å². The Hall–Kier alpha value is -1.78. The van der Waals surface area contributed by atoms with Gasteiger partial charge in [-0.25, -0.2) is 0 Å². The lowest BCUT2D eigenvalue weighted by molar-refractivity contribution is -0.113. The number of halogens is 1. The van der Waals surface area contributed by atoms with Crippen LogP contribution in [0.5, 0.6) is 17.2 Å². The van der Waals surface area contributed by atoms with Crippen LogP contribution in [-0.4, -0.2) is 31.1 Å². The van der Waals surface area contributed by atoms with E-state index in [0.29, 0.717) is 38.8 Å². The zero-order chi connectivity index (χ0) is 20.3. The topological polar surface area (TPSA) is 48.0 Å². The summed E-state index contributed by atoms with van der Waals surface area (Å²) in [5.41, 5.74) is 1.47. The Kier molecular flexibility index (Phi) is 6.84. The Bertz CT molecular complexity index is 961. The summed E-state index contributed by atoms with van der Waals surface area (Å²) in [6.45, 7) is 2.47. The van der Waals surface area contributed by atoms with Crippen LogP contribution in [0.25, 0.3) is 6.08 Å². The number of carbonyl (C=O) groups is 1. The van der Waals surface area contributed by atoms with Crippen LogP contribution in [0.15, 0.2) is 41.3 Å². The number of ether oxygens (including phenoxy) is 3. The van der Waals surface area contributed by atoms with E-state index >= 15 is 0 Å². The van der Waals surface area contributed by atoms with Gasteiger partial charge in [-0.3, -0.25) is 9.69 Å². The minimum Gasteiger partial charge on any atom is -0.495 e. The minimum atomic E-state index is -0.178. The summed E-state index contributed by atoms with van der Waals surface area (Å²) in [4.78, 5) is 15.1. The first-order chi connectivity index (χ1) is 13.5. The molecule has 1 saturated heterocycles. The van der Waals surface area contributed by atoms with E-state index in [-0.39, 0.29) is 5.91 Å². The number of nitrogens with zero attached hydrogens (tertiary/aromatic N) is 1. The van der Waals surface area contributed by atoms with Gasteiger partial charge in [0.1, 0.15) is 5.75 Å². The fraction of sp³-hybridized carbons (Fsp3) is 0.200. The lowest BCUT2D eigenvalue weighted by atomic mass is 10.1. The van der Waals surface area contributed by atoms with Crippen LogP contribution in [0.1, 0.15) is 12.5 Å². The van der Waals surface area contributed by atoms with E-state index in [1.54, 1.807) is 20.3 Å². The van der Waals surface area contributed by atoms with Gasteiger partial charge in [-0.15, -0.1) is 0 Å². The van der Waals surface area contributed by atoms with Gasteiger partial charge in [0.05, 0.1) is 35.0 Å². The summed E-state index contributed by atoms with van der Waals surface area (Å²) in [6, 6.07) is 11.1. The number of rotatable bonds is 6. The molecule has 0 aromatic heterocycles. The van der Waals surface area contributed by atoms with Crippen molar-refractivity contribution in [1.29, 1.82) is 0 Å². The zero-order valence-electron chi connectivity index (χ0n) is 15.5. The fourth-order valence-corrected chi connectivity index (χ4v) is 4.81. The predicted molar refractivity (Wildman–Crippen MR) is 126 cm³/mol. The lowest BCUT2D eigenvalue weighted by Crippen LogP contribution is -2.27. The van der Waals surface area contributed by atoms with E-state index in [1.807, 2.05) is 43.3 Å². The highest BCUT2D eigenvalue weighted by atomic mass is 127. The van der Waals surface area contributed by atoms with Crippen molar-refractivity contribution < 1.29 is 19.0 Å². The smallest absolute Gasteiger partial charge is 0.270 e. The zero-order valence-corrected chi connectivity index (χ0v) is 19.3. The van der Waals surface area contributed by atoms with Crippen molar-refractivity contribution in [2.75, 3.05) is 25.7 Å². The fourth-order valence-electron chi connectivity index (χ4n) is 2.75. The number of para-hydroxylation sites is 2. The molecule has 0 atom stereocenters. The molecule has 1 amide bonds. The Labute approximate surface area is 187 Å². The molecule has 0 N–H and O–H groups in total. The maximum Gasteiger partial charge on any atom is 0.270 e. The molecule has 1 fully saturated rings. The molecule has 8 heteroatoms. The number of anilines is 1. The minimum absolute atomic E-state index is 0.178. The number of hydrogen-bond acceptors (Lipinski definition) is 6. The number of amides is 1. The van der Waals surface area contributed by atoms with Gasteiger partial charge in [-0.2, -0.15) is 0 Å². The van der Waals surface area contributed by atoms with E-state index in [2.05, 4.69) is 22.6 Å². The van der Waals surface area contributed by atoms with E-state index < -0.39 is 0 Å². The molecule has 1 aliphatic heterocycles. The number of thiocarbonyl (C=S) groups is 1. The second-order valence-electron chi connectivity index (χ2n) is 5.66. The quantitative estimate of drug-likeness (QED) is 0.296. The highest BCUT2D eigenvalue weighted by Crippen LogP contribution is 2.41. The van der Waals surface area contributed by atoms with Gasteiger partial charge < -0.3 is 14.2 Å². The van der Waals surface area contributed by atoms with E-state index in [9.17, 15) is 4.79 Å². The van der Waals surface area contributed by atoms with Crippen LogP contribution < -0.4 is 19.1 Å². The third-order valence-corrected chi connectivity index (χ3v) is 6.06. The van der Waals surface area contributed by atoms with Crippen molar-refractivity contribution in [3.05, 3.63) is 50.4 Å². The van der Waals surface area contributed by atoms with Gasteiger partial charge in [0.2, 0.25) is 0 Å². The lowest BCUT2D eigenvalue weighted by Gasteiger charge is -2.17. The van der Waals surface area contributed by atoms with Crippen LogP contribution in [0, 0.1) is 3.57 Å². The van der Waals surface area contributed by atoms with Crippen LogP contribution in [0.2, 0.25) is 0 Å². The number of carbonyl (C=O) groups excluding carboxylic acids is 1. The molecule has 0 radical (unpaired) electrons. The normalized spacial score (nSPS) is 15.3. The molecule has 0 spiro atoms. The van der Waals surface area contributed by atoms with Gasteiger partial charge >= 0.3 is 0 Å². The molecular formula is C20H18INO4S2. The number of benzene rings is 2. The number of hydrogen-bond donors (Lipinski definition) is 0. The summed E-state index contributed by atoms with van der Waals surface area (Å²) in [6.07, 6.45) is 1.81. The first-order valence-electron chi connectivity index (χ1n) is 8.41. The molecule has 146 valence electrons. The molecule has 0 saturated carbocycles. The van der Waals surface area contributed by atoms with E-state index in [4.69, 9.17) is 26.4 Å². The van der Waals surface area contributed by atoms with Crippen LogP contribution in [0.3, 0.4) is 0 Å². The summed E-state index contributed by atoms with van der Waals surface area (Å²) in [5.74, 6) is 1.74. The molecule has 1 heterocycles. The van der Waals surface area contributed by atoms with Crippen molar-refractivity contribution >= 4 is 68.6 Å². The van der Waals surface area contributed by atoms with Crippen molar-refractivity contribution in [2.45, 2.75) is 6.92 Å². The molecule has 0 bridgehead atoms. The molecular weight excluding hydrogens is 509 g/mol. The van der Waals surface area contributed by atoms with Gasteiger partial charge in [0.25, 0.3) is 5.91 Å². The summed E-state index contributed by atoms with van der Waals surface area (Å²) < 4.78 is 17.9. The maximum absolute atomic E-state index is 13.0. The van der Waals surface area contributed by atoms with Crippen LogP contribution in [0.4, 0.5) is 5.69 Å². The van der Waals surface area contributed by atoms with Gasteiger partial charge in [-0.05, 0) is 65.4 Å². The Morgan fingerprint density at radius 1 is 1.18 bits per heavy atom. The summed E-state index contributed by atoms with van der Waals surface area (Å²) in [5, 5.41) is 0. The molecule has 2 aromatic carbocycles. The Balaban J connectivity index is 1.97. The maximum atomic E-state index is 13.0. The van der Waals surface area contributed by atoms with Crippen LogP contribution >= 0.6 is 46.6 Å². The first kappa shape index (κ1) is 20.9. The molecule has 28 heavy (non-hydrogen) atoms. The Morgan fingerprint density at radius 3 is 2.57 bits per heavy atom. The van der Waals surface area contributed by atoms with Gasteiger partial charge in [0.15, 0.2) is 15.8 Å². The standard InChI is InChI=1S/C20H18INO4S2/c1-4-26-18-13(21)9-12(10-16(18)25-3)11-17-19(23)22(20(27)28-17)14-7-5-6-8-15(14)24-2/h5-11H,4H2,1-3H3/b17-11+.